The Hall–Kier alpha value is -0.480. The van der Waals surface area contributed by atoms with Gasteiger partial charge in [0.05, 0.1) is 7.11 Å². The Morgan fingerprint density at radius 1 is 1.16 bits per heavy atom. The summed E-state index contributed by atoms with van der Waals surface area (Å²) >= 11 is 11.8. The van der Waals surface area contributed by atoms with Gasteiger partial charge in [0, 0.05) is 55.7 Å². The number of ether oxygens (including phenoxy) is 1. The van der Waals surface area contributed by atoms with Gasteiger partial charge in [-0.2, -0.15) is 0 Å². The van der Waals surface area contributed by atoms with Crippen molar-refractivity contribution >= 4 is 23.2 Å². The second-order valence-corrected chi connectivity index (χ2v) is 5.58. The Morgan fingerprint density at radius 3 is 2.47 bits per heavy atom. The minimum Gasteiger partial charge on any atom is -0.496 e. The van der Waals surface area contributed by atoms with Crippen LogP contribution in [0.3, 0.4) is 0 Å². The smallest absolute Gasteiger partial charge is 0.123 e. The van der Waals surface area contributed by atoms with E-state index in [2.05, 4.69) is 9.80 Å². The summed E-state index contributed by atoms with van der Waals surface area (Å²) in [6.45, 7) is 6.15. The molecule has 1 aliphatic heterocycles. The van der Waals surface area contributed by atoms with Gasteiger partial charge >= 0.3 is 0 Å². The number of nitrogens with zero attached hydrogens (tertiary/aromatic N) is 2. The molecule has 0 amide bonds. The summed E-state index contributed by atoms with van der Waals surface area (Å²) in [4.78, 5) is 4.83. The topological polar surface area (TPSA) is 15.7 Å². The molecule has 0 N–H and O–H groups in total. The zero-order valence-electron chi connectivity index (χ0n) is 11.2. The standard InChI is InChI=1S/C14H20Cl2N2O/c1-19-14-3-2-13(16)10-12(14)11-18-8-6-17(5-4-15)7-9-18/h2-3,10H,4-9,11H2,1H3. The van der Waals surface area contributed by atoms with Crippen LogP contribution in [0.1, 0.15) is 5.56 Å². The number of rotatable bonds is 5. The first-order valence-electron chi connectivity index (χ1n) is 6.56. The monoisotopic (exact) mass is 302 g/mol. The lowest BCUT2D eigenvalue weighted by Crippen LogP contribution is -2.46. The Labute approximate surface area is 125 Å². The molecular weight excluding hydrogens is 283 g/mol. The lowest BCUT2D eigenvalue weighted by Gasteiger charge is -2.34. The quantitative estimate of drug-likeness (QED) is 0.778. The van der Waals surface area contributed by atoms with Crippen molar-refractivity contribution in [3.8, 4) is 5.75 Å². The van der Waals surface area contributed by atoms with E-state index in [1.807, 2.05) is 18.2 Å². The van der Waals surface area contributed by atoms with Crippen molar-refractivity contribution in [1.82, 2.24) is 9.80 Å². The molecule has 106 valence electrons. The maximum atomic E-state index is 6.06. The van der Waals surface area contributed by atoms with Crippen LogP contribution in [0.2, 0.25) is 5.02 Å². The van der Waals surface area contributed by atoms with Crippen LogP contribution in [0, 0.1) is 0 Å². The highest BCUT2D eigenvalue weighted by Gasteiger charge is 2.17. The minimum absolute atomic E-state index is 0.710. The summed E-state index contributed by atoms with van der Waals surface area (Å²) in [7, 11) is 1.70. The van der Waals surface area contributed by atoms with Crippen LogP contribution in [0.15, 0.2) is 18.2 Å². The molecule has 1 aliphatic rings. The number of hydrogen-bond acceptors (Lipinski definition) is 3. The van der Waals surface area contributed by atoms with E-state index in [0.29, 0.717) is 5.88 Å². The second kappa shape index (κ2) is 7.34. The number of halogens is 2. The highest BCUT2D eigenvalue weighted by Crippen LogP contribution is 2.24. The van der Waals surface area contributed by atoms with Crippen LogP contribution < -0.4 is 4.74 Å². The minimum atomic E-state index is 0.710. The summed E-state index contributed by atoms with van der Waals surface area (Å²) in [6.07, 6.45) is 0. The molecule has 0 radical (unpaired) electrons. The van der Waals surface area contributed by atoms with Crippen LogP contribution in [0.5, 0.6) is 5.75 Å². The van der Waals surface area contributed by atoms with Crippen LogP contribution in [-0.4, -0.2) is 55.5 Å². The van der Waals surface area contributed by atoms with E-state index in [4.69, 9.17) is 27.9 Å². The predicted octanol–water partition coefficient (Wildman–Crippen LogP) is 2.71. The summed E-state index contributed by atoms with van der Waals surface area (Å²) in [6, 6.07) is 5.79. The molecule has 1 aromatic carbocycles. The van der Waals surface area contributed by atoms with Gasteiger partial charge in [-0.3, -0.25) is 9.80 Å². The third kappa shape index (κ3) is 4.25. The fourth-order valence-corrected chi connectivity index (χ4v) is 2.84. The average Bonchev–Trinajstić information content (AvgIpc) is 2.42. The van der Waals surface area contributed by atoms with Crippen LogP contribution in [0.4, 0.5) is 0 Å². The third-order valence-corrected chi connectivity index (χ3v) is 3.91. The van der Waals surface area contributed by atoms with Crippen molar-refractivity contribution in [3.63, 3.8) is 0 Å². The van der Waals surface area contributed by atoms with Gasteiger partial charge in [0.15, 0.2) is 0 Å². The van der Waals surface area contributed by atoms with Gasteiger partial charge in [-0.05, 0) is 18.2 Å². The molecule has 1 fully saturated rings. The van der Waals surface area contributed by atoms with Crippen LogP contribution in [-0.2, 0) is 6.54 Å². The van der Waals surface area contributed by atoms with Gasteiger partial charge in [0.2, 0.25) is 0 Å². The molecule has 19 heavy (non-hydrogen) atoms. The normalized spacial score (nSPS) is 17.6. The zero-order chi connectivity index (χ0) is 13.7. The van der Waals surface area contributed by atoms with Crippen LogP contribution in [0.25, 0.3) is 0 Å². The van der Waals surface area contributed by atoms with Gasteiger partial charge in [-0.15, -0.1) is 11.6 Å². The van der Waals surface area contributed by atoms with E-state index < -0.39 is 0 Å². The fourth-order valence-electron chi connectivity index (χ4n) is 2.40. The van der Waals surface area contributed by atoms with Crippen LogP contribution >= 0.6 is 23.2 Å². The molecule has 2 rings (SSSR count). The lowest BCUT2D eigenvalue weighted by atomic mass is 10.1. The van der Waals surface area contributed by atoms with E-state index in [0.717, 1.165) is 55.6 Å². The van der Waals surface area contributed by atoms with Crippen molar-refractivity contribution in [2.45, 2.75) is 6.54 Å². The Kier molecular flexibility index (Phi) is 5.76. The first-order valence-corrected chi connectivity index (χ1v) is 7.47. The summed E-state index contributed by atoms with van der Waals surface area (Å²) in [5.74, 6) is 1.62. The van der Waals surface area contributed by atoms with Gasteiger partial charge in [-0.1, -0.05) is 11.6 Å². The molecule has 0 saturated carbocycles. The maximum Gasteiger partial charge on any atom is 0.123 e. The van der Waals surface area contributed by atoms with Crippen molar-refractivity contribution in [2.24, 2.45) is 0 Å². The Bertz CT molecular complexity index is 406. The van der Waals surface area contributed by atoms with Gasteiger partial charge in [-0.25, -0.2) is 0 Å². The third-order valence-electron chi connectivity index (χ3n) is 3.50. The fraction of sp³-hybridized carbons (Fsp3) is 0.571. The molecule has 0 aliphatic carbocycles. The molecule has 5 heteroatoms. The highest BCUT2D eigenvalue weighted by molar-refractivity contribution is 6.30. The molecule has 1 heterocycles. The molecule has 3 nitrogen and oxygen atoms in total. The molecule has 0 unspecified atom stereocenters. The number of benzene rings is 1. The molecule has 1 aromatic rings. The second-order valence-electron chi connectivity index (χ2n) is 4.76. The Balaban J connectivity index is 1.93. The highest BCUT2D eigenvalue weighted by atomic mass is 35.5. The number of alkyl halides is 1. The van der Waals surface area contributed by atoms with E-state index in [1.165, 1.54) is 0 Å². The predicted molar refractivity (Wildman–Crippen MR) is 80.4 cm³/mol. The molecule has 0 spiro atoms. The average molecular weight is 303 g/mol. The van der Waals surface area contributed by atoms with Crippen molar-refractivity contribution in [2.75, 3.05) is 45.7 Å². The first-order chi connectivity index (χ1) is 9.22. The molecule has 0 aromatic heterocycles. The SMILES string of the molecule is COc1ccc(Cl)cc1CN1CCN(CCCl)CC1. The molecule has 0 bridgehead atoms. The number of hydrogen-bond donors (Lipinski definition) is 0. The summed E-state index contributed by atoms with van der Waals surface area (Å²) in [5.41, 5.74) is 1.15. The maximum absolute atomic E-state index is 6.06. The first kappa shape index (κ1) is 14.9. The van der Waals surface area contributed by atoms with Crippen molar-refractivity contribution in [1.29, 1.82) is 0 Å². The number of methoxy groups -OCH3 is 1. The lowest BCUT2D eigenvalue weighted by molar-refractivity contribution is 0.131. The molecule has 0 atom stereocenters. The van der Waals surface area contributed by atoms with E-state index in [9.17, 15) is 0 Å². The van der Waals surface area contributed by atoms with Crippen molar-refractivity contribution < 1.29 is 4.74 Å². The molecule has 1 saturated heterocycles. The Morgan fingerprint density at radius 2 is 1.84 bits per heavy atom. The summed E-state index contributed by atoms with van der Waals surface area (Å²) < 4.78 is 5.39. The van der Waals surface area contributed by atoms with E-state index in [-0.39, 0.29) is 0 Å². The molecular formula is C14H20Cl2N2O. The largest absolute Gasteiger partial charge is 0.496 e. The van der Waals surface area contributed by atoms with Gasteiger partial charge < -0.3 is 4.74 Å². The summed E-state index contributed by atoms with van der Waals surface area (Å²) in [5, 5.41) is 0.761. The van der Waals surface area contributed by atoms with E-state index >= 15 is 0 Å². The zero-order valence-corrected chi connectivity index (χ0v) is 12.8. The van der Waals surface area contributed by atoms with Gasteiger partial charge in [0.25, 0.3) is 0 Å². The van der Waals surface area contributed by atoms with E-state index in [1.54, 1.807) is 7.11 Å². The van der Waals surface area contributed by atoms with Crippen molar-refractivity contribution in [3.05, 3.63) is 28.8 Å². The number of piperazine rings is 1. The van der Waals surface area contributed by atoms with Gasteiger partial charge in [0.1, 0.15) is 5.75 Å².